The average molecular weight is 433 g/mol. The predicted octanol–water partition coefficient (Wildman–Crippen LogP) is 3.07. The molecule has 0 amide bonds. The first-order valence-electron chi connectivity index (χ1n) is 10.1. The molecule has 156 valence electrons. The number of thioether (sulfide) groups is 1. The molecule has 1 aliphatic heterocycles. The highest BCUT2D eigenvalue weighted by Crippen LogP contribution is 2.42. The van der Waals surface area contributed by atoms with E-state index in [-0.39, 0.29) is 5.60 Å². The van der Waals surface area contributed by atoms with E-state index in [1.807, 2.05) is 6.26 Å². The quantitative estimate of drug-likeness (QED) is 0.355. The van der Waals surface area contributed by atoms with Gasteiger partial charge in [-0.2, -0.15) is 0 Å². The maximum atomic E-state index is 6.08. The van der Waals surface area contributed by atoms with Crippen molar-refractivity contribution in [2.75, 3.05) is 38.8 Å². The first kappa shape index (κ1) is 20.8. The van der Waals surface area contributed by atoms with Crippen molar-refractivity contribution in [3.05, 3.63) is 16.8 Å². The van der Waals surface area contributed by atoms with E-state index < -0.39 is 0 Å². The van der Waals surface area contributed by atoms with Gasteiger partial charge in [-0.1, -0.05) is 11.8 Å². The molecule has 29 heavy (non-hydrogen) atoms. The molecule has 1 aliphatic rings. The summed E-state index contributed by atoms with van der Waals surface area (Å²) in [5, 5.41) is 5.57. The van der Waals surface area contributed by atoms with Gasteiger partial charge < -0.3 is 15.0 Å². The first-order chi connectivity index (χ1) is 13.8. The highest BCUT2D eigenvalue weighted by molar-refractivity contribution is 7.98. The number of pyridine rings is 1. The van der Waals surface area contributed by atoms with E-state index in [4.69, 9.17) is 19.7 Å². The molecule has 0 radical (unpaired) electrons. The maximum absolute atomic E-state index is 6.08. The Morgan fingerprint density at radius 2 is 2.00 bits per heavy atom. The molecular formula is C21H30N5OS2+. The van der Waals surface area contributed by atoms with Crippen LogP contribution in [0.15, 0.2) is 5.16 Å². The minimum atomic E-state index is -0.174. The smallest absolute Gasteiger partial charge is 0.189 e. The Morgan fingerprint density at radius 3 is 2.72 bits per heavy atom. The van der Waals surface area contributed by atoms with Gasteiger partial charge in [-0.15, -0.1) is 11.3 Å². The van der Waals surface area contributed by atoms with Crippen LogP contribution in [0.25, 0.3) is 20.4 Å². The van der Waals surface area contributed by atoms with E-state index in [1.54, 1.807) is 23.1 Å². The van der Waals surface area contributed by atoms with Gasteiger partial charge in [-0.25, -0.2) is 15.0 Å². The number of quaternary nitrogens is 1. The standard InChI is InChI=1S/C21H29N5OS2/c1-12-14-11-27-21(2,3)10-13(14)15-16-17(29-19(15)23-12)18(25-20(24-16)28-6)22-8-7-9-26(4)5/h7-11H2,1-6H3,(H,22,24,25)/p+1. The van der Waals surface area contributed by atoms with Crippen LogP contribution in [0.4, 0.5) is 5.82 Å². The van der Waals surface area contributed by atoms with Crippen molar-refractivity contribution in [2.45, 2.75) is 51.0 Å². The Hall–Kier alpha value is -1.48. The van der Waals surface area contributed by atoms with Gasteiger partial charge in [0.2, 0.25) is 0 Å². The Bertz CT molecular complexity index is 1060. The average Bonchev–Trinajstić information content (AvgIpc) is 3.02. The van der Waals surface area contributed by atoms with E-state index in [0.717, 1.165) is 57.6 Å². The fourth-order valence-electron chi connectivity index (χ4n) is 3.88. The van der Waals surface area contributed by atoms with Gasteiger partial charge in [0.05, 0.1) is 43.1 Å². The molecule has 4 rings (SSSR count). The van der Waals surface area contributed by atoms with Crippen LogP contribution in [-0.2, 0) is 17.8 Å². The number of hydrogen-bond donors (Lipinski definition) is 2. The van der Waals surface area contributed by atoms with Crippen LogP contribution in [-0.4, -0.2) is 54.0 Å². The van der Waals surface area contributed by atoms with Crippen LogP contribution in [0, 0.1) is 6.92 Å². The maximum Gasteiger partial charge on any atom is 0.189 e. The van der Waals surface area contributed by atoms with Crippen LogP contribution in [0.5, 0.6) is 0 Å². The minimum absolute atomic E-state index is 0.174. The molecule has 0 unspecified atom stereocenters. The molecule has 4 heterocycles. The summed E-state index contributed by atoms with van der Waals surface area (Å²) in [5.74, 6) is 0.939. The molecule has 2 N–H and O–H groups in total. The van der Waals surface area contributed by atoms with Crippen LogP contribution in [0.3, 0.4) is 0 Å². The molecule has 3 aromatic heterocycles. The zero-order valence-corrected chi connectivity index (χ0v) is 19.7. The van der Waals surface area contributed by atoms with Gasteiger partial charge in [-0.05, 0) is 32.6 Å². The zero-order chi connectivity index (χ0) is 20.8. The summed E-state index contributed by atoms with van der Waals surface area (Å²) >= 11 is 3.29. The molecule has 0 bridgehead atoms. The lowest BCUT2D eigenvalue weighted by atomic mass is 9.89. The second-order valence-electron chi connectivity index (χ2n) is 8.64. The predicted molar refractivity (Wildman–Crippen MR) is 123 cm³/mol. The number of thiophene rings is 1. The monoisotopic (exact) mass is 432 g/mol. The van der Waals surface area contributed by atoms with E-state index >= 15 is 0 Å². The van der Waals surface area contributed by atoms with Crippen molar-refractivity contribution in [3.8, 4) is 0 Å². The molecule has 0 aromatic carbocycles. The topological polar surface area (TPSA) is 64.4 Å². The van der Waals surface area contributed by atoms with Gasteiger partial charge >= 0.3 is 0 Å². The molecule has 0 fully saturated rings. The number of nitrogens with one attached hydrogen (secondary N) is 2. The SMILES string of the molecule is CSc1nc(NCCC[NH+](C)C)c2sc3nc(C)c4c(c3c2n1)CC(C)(C)OC4. The molecular weight excluding hydrogens is 402 g/mol. The number of nitrogens with zero attached hydrogens (tertiary/aromatic N) is 3. The summed E-state index contributed by atoms with van der Waals surface area (Å²) in [6.45, 7) is 9.07. The van der Waals surface area contributed by atoms with Crippen molar-refractivity contribution in [1.29, 1.82) is 0 Å². The Balaban J connectivity index is 1.86. The van der Waals surface area contributed by atoms with Crippen molar-refractivity contribution in [1.82, 2.24) is 15.0 Å². The summed E-state index contributed by atoms with van der Waals surface area (Å²) in [4.78, 5) is 17.1. The van der Waals surface area contributed by atoms with Crippen LogP contribution in [0.1, 0.15) is 37.1 Å². The summed E-state index contributed by atoms with van der Waals surface area (Å²) in [6, 6.07) is 0. The fourth-order valence-corrected chi connectivity index (χ4v) is 5.40. The van der Waals surface area contributed by atoms with Crippen molar-refractivity contribution < 1.29 is 9.64 Å². The number of fused-ring (bicyclic) bond motifs is 5. The normalized spacial score (nSPS) is 16.0. The van der Waals surface area contributed by atoms with E-state index in [1.165, 1.54) is 21.4 Å². The first-order valence-corrected chi connectivity index (χ1v) is 12.2. The van der Waals surface area contributed by atoms with Gasteiger partial charge in [0.15, 0.2) is 5.16 Å². The molecule has 0 saturated heterocycles. The third kappa shape index (κ3) is 4.08. The van der Waals surface area contributed by atoms with E-state index in [9.17, 15) is 0 Å². The number of rotatable bonds is 6. The molecule has 0 saturated carbocycles. The van der Waals surface area contributed by atoms with Gasteiger partial charge in [-0.3, -0.25) is 0 Å². The molecule has 0 aliphatic carbocycles. The molecule has 0 spiro atoms. The lowest BCUT2D eigenvalue weighted by molar-refractivity contribution is -0.858. The van der Waals surface area contributed by atoms with Crippen molar-refractivity contribution in [2.24, 2.45) is 0 Å². The molecule has 8 heteroatoms. The Kier molecular flexibility index (Phi) is 5.72. The molecule has 0 atom stereocenters. The third-order valence-electron chi connectivity index (χ3n) is 5.40. The number of aryl methyl sites for hydroxylation is 1. The summed E-state index contributed by atoms with van der Waals surface area (Å²) in [7, 11) is 4.37. The van der Waals surface area contributed by atoms with Crippen LogP contribution < -0.4 is 10.2 Å². The Labute approximate surface area is 180 Å². The third-order valence-corrected chi connectivity index (χ3v) is 7.03. The number of aromatic nitrogens is 3. The molecule has 6 nitrogen and oxygen atoms in total. The van der Waals surface area contributed by atoms with Crippen LogP contribution in [0.2, 0.25) is 0 Å². The lowest BCUT2D eigenvalue weighted by Gasteiger charge is -2.32. The Morgan fingerprint density at radius 1 is 1.21 bits per heavy atom. The fraction of sp³-hybridized carbons (Fsp3) is 0.571. The zero-order valence-electron chi connectivity index (χ0n) is 18.1. The van der Waals surface area contributed by atoms with Crippen molar-refractivity contribution in [3.63, 3.8) is 0 Å². The lowest BCUT2D eigenvalue weighted by Crippen LogP contribution is -3.05. The minimum Gasteiger partial charge on any atom is -0.370 e. The highest BCUT2D eigenvalue weighted by Gasteiger charge is 2.31. The largest absolute Gasteiger partial charge is 0.370 e. The van der Waals surface area contributed by atoms with E-state index in [2.05, 4.69) is 40.2 Å². The van der Waals surface area contributed by atoms with Gasteiger partial charge in [0.1, 0.15) is 10.6 Å². The second-order valence-corrected chi connectivity index (χ2v) is 10.4. The number of ether oxygens (including phenoxy) is 1. The summed E-state index contributed by atoms with van der Waals surface area (Å²) < 4.78 is 7.19. The highest BCUT2D eigenvalue weighted by atomic mass is 32.2. The van der Waals surface area contributed by atoms with Gasteiger partial charge in [0.25, 0.3) is 0 Å². The number of anilines is 1. The second kappa shape index (κ2) is 7.98. The van der Waals surface area contributed by atoms with Crippen molar-refractivity contribution >= 4 is 49.3 Å². The summed E-state index contributed by atoms with van der Waals surface area (Å²) in [6.07, 6.45) is 4.01. The van der Waals surface area contributed by atoms with Crippen LogP contribution >= 0.6 is 23.1 Å². The van der Waals surface area contributed by atoms with Gasteiger partial charge in [0, 0.05) is 36.0 Å². The number of hydrogen-bond acceptors (Lipinski definition) is 7. The summed E-state index contributed by atoms with van der Waals surface area (Å²) in [5.41, 5.74) is 4.50. The van der Waals surface area contributed by atoms with E-state index in [0.29, 0.717) is 6.61 Å². The molecule has 3 aromatic rings.